The molecular formula is C17H11F6N5O2. The fourth-order valence-electron chi connectivity index (χ4n) is 2.54. The zero-order valence-corrected chi connectivity index (χ0v) is 14.9. The number of rotatable bonds is 3. The fourth-order valence-corrected chi connectivity index (χ4v) is 2.54. The number of nitrogens with one attached hydrogen (secondary N) is 2. The molecule has 0 saturated carbocycles. The van der Waals surface area contributed by atoms with Crippen molar-refractivity contribution in [3.8, 4) is 5.82 Å². The third-order valence-electron chi connectivity index (χ3n) is 3.98. The summed E-state index contributed by atoms with van der Waals surface area (Å²) in [5, 5.41) is 11.8. The Hall–Kier alpha value is -3.64. The van der Waals surface area contributed by atoms with Gasteiger partial charge in [0.1, 0.15) is 0 Å². The van der Waals surface area contributed by atoms with Crippen molar-refractivity contribution >= 4 is 11.6 Å². The highest BCUT2D eigenvalue weighted by Crippen LogP contribution is 2.37. The standard InChI is InChI=1S/C17H11F6N5O2/c1-8-12(7-24-28(8)13-2-3-14(29)27-26-13)15(30)25-11-5-9(16(18,19)20)4-10(6-11)17(21,22)23/h2-7H,1H3,(H,25,30)(H,27,29). The Labute approximate surface area is 163 Å². The number of hydrogen-bond donors (Lipinski definition) is 2. The van der Waals surface area contributed by atoms with Crippen LogP contribution in [0.3, 0.4) is 0 Å². The van der Waals surface area contributed by atoms with E-state index in [-0.39, 0.29) is 23.1 Å². The lowest BCUT2D eigenvalue weighted by molar-refractivity contribution is -0.143. The van der Waals surface area contributed by atoms with Crippen molar-refractivity contribution in [3.63, 3.8) is 0 Å². The highest BCUT2D eigenvalue weighted by atomic mass is 19.4. The molecule has 0 aliphatic rings. The van der Waals surface area contributed by atoms with Crippen molar-refractivity contribution in [2.24, 2.45) is 0 Å². The van der Waals surface area contributed by atoms with Gasteiger partial charge in [-0.3, -0.25) is 9.59 Å². The van der Waals surface area contributed by atoms with Gasteiger partial charge >= 0.3 is 12.4 Å². The number of carbonyl (C=O) groups is 1. The largest absolute Gasteiger partial charge is 0.416 e. The lowest BCUT2D eigenvalue weighted by atomic mass is 10.1. The van der Waals surface area contributed by atoms with E-state index in [2.05, 4.69) is 15.3 Å². The van der Waals surface area contributed by atoms with Crippen LogP contribution in [0.25, 0.3) is 5.82 Å². The van der Waals surface area contributed by atoms with Crippen molar-refractivity contribution in [1.29, 1.82) is 0 Å². The monoisotopic (exact) mass is 431 g/mol. The van der Waals surface area contributed by atoms with E-state index in [4.69, 9.17) is 0 Å². The molecule has 2 N–H and O–H groups in total. The van der Waals surface area contributed by atoms with Crippen LogP contribution in [0, 0.1) is 6.92 Å². The third kappa shape index (κ3) is 4.34. The number of H-pyrrole nitrogens is 1. The normalized spacial score (nSPS) is 12.1. The molecule has 2 aromatic heterocycles. The summed E-state index contributed by atoms with van der Waals surface area (Å²) in [4.78, 5) is 23.5. The summed E-state index contributed by atoms with van der Waals surface area (Å²) in [5.74, 6) is -0.833. The van der Waals surface area contributed by atoms with Gasteiger partial charge in [-0.05, 0) is 31.2 Å². The number of aromatic nitrogens is 4. The number of alkyl halides is 6. The van der Waals surface area contributed by atoms with Crippen molar-refractivity contribution in [2.45, 2.75) is 19.3 Å². The summed E-state index contributed by atoms with van der Waals surface area (Å²) in [6.07, 6.45) is -9.02. The Bertz CT molecular complexity index is 1110. The second-order valence-corrected chi connectivity index (χ2v) is 6.08. The maximum absolute atomic E-state index is 13.0. The molecule has 0 spiro atoms. The van der Waals surface area contributed by atoms with Crippen LogP contribution < -0.4 is 10.9 Å². The van der Waals surface area contributed by atoms with Gasteiger partial charge in [0.25, 0.3) is 11.5 Å². The van der Waals surface area contributed by atoms with Gasteiger partial charge in [-0.25, -0.2) is 9.78 Å². The van der Waals surface area contributed by atoms with Crippen LogP contribution in [0.4, 0.5) is 32.0 Å². The van der Waals surface area contributed by atoms with Crippen molar-refractivity contribution in [2.75, 3.05) is 5.32 Å². The van der Waals surface area contributed by atoms with E-state index in [1.165, 1.54) is 13.0 Å². The molecule has 0 bridgehead atoms. The second-order valence-electron chi connectivity index (χ2n) is 6.08. The quantitative estimate of drug-likeness (QED) is 0.621. The summed E-state index contributed by atoms with van der Waals surface area (Å²) >= 11 is 0. The van der Waals surface area contributed by atoms with E-state index < -0.39 is 40.6 Å². The van der Waals surface area contributed by atoms with Crippen LogP contribution in [0.2, 0.25) is 0 Å². The Morgan fingerprint density at radius 2 is 1.63 bits per heavy atom. The number of benzene rings is 1. The van der Waals surface area contributed by atoms with Gasteiger partial charge in [0, 0.05) is 11.8 Å². The maximum atomic E-state index is 13.0. The molecule has 0 aliphatic carbocycles. The average Bonchev–Trinajstić information content (AvgIpc) is 3.02. The minimum absolute atomic E-state index is 0.0409. The van der Waals surface area contributed by atoms with E-state index in [9.17, 15) is 35.9 Å². The Balaban J connectivity index is 1.95. The average molecular weight is 431 g/mol. The van der Waals surface area contributed by atoms with Gasteiger partial charge in [0.2, 0.25) is 0 Å². The summed E-state index contributed by atoms with van der Waals surface area (Å²) in [5.41, 5.74) is -4.21. The first-order chi connectivity index (χ1) is 13.9. The first kappa shape index (κ1) is 21.1. The molecule has 3 rings (SSSR count). The zero-order chi connectivity index (χ0) is 22.3. The second kappa shape index (κ2) is 7.31. The van der Waals surface area contributed by atoms with Crippen molar-refractivity contribution < 1.29 is 31.1 Å². The first-order valence-electron chi connectivity index (χ1n) is 8.08. The van der Waals surface area contributed by atoms with E-state index in [1.54, 1.807) is 0 Å². The van der Waals surface area contributed by atoms with Gasteiger partial charge in [0.05, 0.1) is 28.6 Å². The molecule has 0 unspecified atom stereocenters. The van der Waals surface area contributed by atoms with E-state index >= 15 is 0 Å². The summed E-state index contributed by atoms with van der Waals surface area (Å²) in [7, 11) is 0. The number of aromatic amines is 1. The molecule has 0 atom stereocenters. The SMILES string of the molecule is Cc1c(C(=O)Nc2cc(C(F)(F)F)cc(C(F)(F)F)c2)cnn1-c1ccc(=O)[nH]n1. The number of nitrogens with zero attached hydrogens (tertiary/aromatic N) is 3. The van der Waals surface area contributed by atoms with Crippen LogP contribution in [0.5, 0.6) is 0 Å². The lowest BCUT2D eigenvalue weighted by Gasteiger charge is -2.14. The number of amides is 1. The van der Waals surface area contributed by atoms with Crippen LogP contribution in [0.1, 0.15) is 27.2 Å². The van der Waals surface area contributed by atoms with Crippen LogP contribution >= 0.6 is 0 Å². The van der Waals surface area contributed by atoms with Gasteiger partial charge in [0.15, 0.2) is 5.82 Å². The van der Waals surface area contributed by atoms with Crippen LogP contribution in [-0.2, 0) is 12.4 Å². The third-order valence-corrected chi connectivity index (χ3v) is 3.98. The van der Waals surface area contributed by atoms with Gasteiger partial charge in [-0.2, -0.15) is 36.5 Å². The van der Waals surface area contributed by atoms with Crippen molar-refractivity contribution in [3.05, 3.63) is 69.3 Å². The molecule has 0 fully saturated rings. The Kier molecular flexibility index (Phi) is 5.14. The molecule has 13 heteroatoms. The topological polar surface area (TPSA) is 92.7 Å². The molecule has 2 heterocycles. The molecule has 1 amide bonds. The number of anilines is 1. The molecule has 0 saturated heterocycles. The number of halogens is 6. The molecule has 0 radical (unpaired) electrons. The smallest absolute Gasteiger partial charge is 0.322 e. The molecule has 1 aromatic carbocycles. The summed E-state index contributed by atoms with van der Waals surface area (Å²) in [6, 6.07) is 3.22. The Morgan fingerprint density at radius 3 is 2.13 bits per heavy atom. The van der Waals surface area contributed by atoms with E-state index in [1.807, 2.05) is 5.32 Å². The predicted octanol–water partition coefficient (Wildman–Crippen LogP) is 3.55. The highest BCUT2D eigenvalue weighted by Gasteiger charge is 2.37. The molecule has 158 valence electrons. The minimum Gasteiger partial charge on any atom is -0.322 e. The van der Waals surface area contributed by atoms with Gasteiger partial charge < -0.3 is 5.32 Å². The Morgan fingerprint density at radius 1 is 1.03 bits per heavy atom. The number of hydrogen-bond acceptors (Lipinski definition) is 4. The van der Waals surface area contributed by atoms with Gasteiger partial charge in [-0.1, -0.05) is 0 Å². The molecule has 30 heavy (non-hydrogen) atoms. The zero-order valence-electron chi connectivity index (χ0n) is 14.9. The van der Waals surface area contributed by atoms with Crippen LogP contribution in [0.15, 0.2) is 41.3 Å². The molecule has 7 nitrogen and oxygen atoms in total. The highest BCUT2D eigenvalue weighted by molar-refractivity contribution is 6.05. The molecular weight excluding hydrogens is 420 g/mol. The molecule has 0 aliphatic heterocycles. The lowest BCUT2D eigenvalue weighted by Crippen LogP contribution is -2.16. The van der Waals surface area contributed by atoms with E-state index in [0.717, 1.165) is 16.9 Å². The van der Waals surface area contributed by atoms with Crippen LogP contribution in [-0.4, -0.2) is 25.9 Å². The minimum atomic E-state index is -5.04. The maximum Gasteiger partial charge on any atom is 0.416 e. The number of carbonyl (C=O) groups excluding carboxylic acids is 1. The predicted molar refractivity (Wildman–Crippen MR) is 91.1 cm³/mol. The molecule has 3 aromatic rings. The fraction of sp³-hybridized carbons (Fsp3) is 0.176. The van der Waals surface area contributed by atoms with E-state index in [0.29, 0.717) is 12.1 Å². The van der Waals surface area contributed by atoms with Crippen molar-refractivity contribution in [1.82, 2.24) is 20.0 Å². The summed E-state index contributed by atoms with van der Waals surface area (Å²) in [6.45, 7) is 1.43. The first-order valence-corrected chi connectivity index (χ1v) is 8.08. The summed E-state index contributed by atoms with van der Waals surface area (Å²) < 4.78 is 78.9. The van der Waals surface area contributed by atoms with Gasteiger partial charge in [-0.15, -0.1) is 0 Å².